The minimum Gasteiger partial charge on any atom is -0.454 e. The van der Waals surface area contributed by atoms with Crippen LogP contribution < -0.4 is 14.4 Å². The average Bonchev–Trinajstić information content (AvgIpc) is 2.96. The second-order valence-corrected chi connectivity index (χ2v) is 3.66. The van der Waals surface area contributed by atoms with Crippen LogP contribution in [-0.2, 0) is 9.53 Å². The molecule has 1 aromatic carbocycles. The molecule has 0 saturated carbocycles. The van der Waals surface area contributed by atoms with E-state index in [0.29, 0.717) is 36.0 Å². The smallest absolute Gasteiger partial charge is 0.414 e. The molecule has 2 aliphatic rings. The zero-order valence-electron chi connectivity index (χ0n) is 9.21. The highest BCUT2D eigenvalue weighted by Gasteiger charge is 2.28. The Morgan fingerprint density at radius 3 is 2.67 bits per heavy atom. The Hall–Kier alpha value is -2.53. The number of isocyanates is 1. The molecule has 0 bridgehead atoms. The highest BCUT2D eigenvalue weighted by Crippen LogP contribution is 2.42. The summed E-state index contributed by atoms with van der Waals surface area (Å²) in [5.41, 5.74) is 0.748. The molecule has 2 heterocycles. The molecule has 2 aliphatic heterocycles. The number of benzene rings is 1. The largest absolute Gasteiger partial charge is 0.454 e. The normalized spacial score (nSPS) is 16.4. The van der Waals surface area contributed by atoms with E-state index in [9.17, 15) is 9.59 Å². The molecule has 0 spiro atoms. The van der Waals surface area contributed by atoms with Gasteiger partial charge < -0.3 is 14.2 Å². The first-order valence-electron chi connectivity index (χ1n) is 5.25. The highest BCUT2D eigenvalue weighted by molar-refractivity contribution is 5.94. The van der Waals surface area contributed by atoms with Crippen molar-refractivity contribution in [3.8, 4) is 11.5 Å². The van der Waals surface area contributed by atoms with Crippen LogP contribution >= 0.6 is 0 Å². The number of amides is 1. The number of aliphatic imine (C=N–C) groups is 1. The van der Waals surface area contributed by atoms with Gasteiger partial charge in [0, 0.05) is 12.1 Å². The third-order valence-electron chi connectivity index (χ3n) is 2.69. The second-order valence-electron chi connectivity index (χ2n) is 3.66. The molecule has 18 heavy (non-hydrogen) atoms. The highest BCUT2D eigenvalue weighted by atomic mass is 16.7. The van der Waals surface area contributed by atoms with Gasteiger partial charge in [0.2, 0.25) is 12.9 Å². The van der Waals surface area contributed by atoms with Gasteiger partial charge in [-0.05, 0) is 0 Å². The number of carbonyl (C=O) groups is 1. The van der Waals surface area contributed by atoms with E-state index < -0.39 is 6.09 Å². The van der Waals surface area contributed by atoms with Gasteiger partial charge in [-0.25, -0.2) is 9.59 Å². The van der Waals surface area contributed by atoms with Crippen LogP contribution in [0.5, 0.6) is 11.5 Å². The van der Waals surface area contributed by atoms with E-state index in [-0.39, 0.29) is 6.79 Å². The lowest BCUT2D eigenvalue weighted by Crippen LogP contribution is -2.23. The molecule has 0 aromatic heterocycles. The Morgan fingerprint density at radius 2 is 2.00 bits per heavy atom. The van der Waals surface area contributed by atoms with Crippen LogP contribution in [0, 0.1) is 0 Å². The fraction of sp³-hybridized carbons (Fsp3) is 0.273. The first kappa shape index (κ1) is 10.6. The molecule has 1 aromatic rings. The number of anilines is 1. The average molecular weight is 248 g/mol. The molecule has 0 aliphatic carbocycles. The van der Waals surface area contributed by atoms with Gasteiger partial charge in [0.1, 0.15) is 12.3 Å². The maximum Gasteiger partial charge on any atom is 0.414 e. The Labute approximate surface area is 102 Å². The number of hydrogen-bond donors (Lipinski definition) is 0. The molecule has 0 N–H and O–H groups in total. The van der Waals surface area contributed by atoms with Gasteiger partial charge in [-0.1, -0.05) is 0 Å². The van der Waals surface area contributed by atoms with Crippen molar-refractivity contribution in [3.63, 3.8) is 0 Å². The molecule has 92 valence electrons. The lowest BCUT2D eigenvalue weighted by atomic mass is 10.2. The van der Waals surface area contributed by atoms with Crippen molar-refractivity contribution >= 4 is 23.5 Å². The van der Waals surface area contributed by atoms with E-state index in [2.05, 4.69) is 4.99 Å². The summed E-state index contributed by atoms with van der Waals surface area (Å²) in [6.07, 6.45) is 0.978. The number of hydrogen-bond acceptors (Lipinski definition) is 6. The van der Waals surface area contributed by atoms with Gasteiger partial charge >= 0.3 is 6.09 Å². The SMILES string of the molecule is O=C=Nc1cc2c(cc1N1CCOC1=O)OCO2. The Balaban J connectivity index is 2.11. The first-order chi connectivity index (χ1) is 8.79. The van der Waals surface area contributed by atoms with Crippen molar-refractivity contribution in [3.05, 3.63) is 12.1 Å². The molecule has 1 amide bonds. The Bertz CT molecular complexity index is 565. The van der Waals surface area contributed by atoms with E-state index in [1.165, 1.54) is 17.0 Å². The summed E-state index contributed by atoms with van der Waals surface area (Å²) in [6.45, 7) is 0.810. The Morgan fingerprint density at radius 1 is 1.22 bits per heavy atom. The fourth-order valence-electron chi connectivity index (χ4n) is 1.89. The molecule has 7 nitrogen and oxygen atoms in total. The topological polar surface area (TPSA) is 77.4 Å². The fourth-order valence-corrected chi connectivity index (χ4v) is 1.89. The first-order valence-corrected chi connectivity index (χ1v) is 5.25. The molecule has 0 radical (unpaired) electrons. The second kappa shape index (κ2) is 4.05. The van der Waals surface area contributed by atoms with Crippen LogP contribution in [0.15, 0.2) is 17.1 Å². The van der Waals surface area contributed by atoms with Crippen molar-refractivity contribution in [2.24, 2.45) is 4.99 Å². The third-order valence-corrected chi connectivity index (χ3v) is 2.69. The van der Waals surface area contributed by atoms with Crippen LogP contribution in [0.3, 0.4) is 0 Å². The summed E-state index contributed by atoms with van der Waals surface area (Å²) in [5.74, 6) is 0.995. The van der Waals surface area contributed by atoms with Crippen LogP contribution in [-0.4, -0.2) is 32.1 Å². The van der Waals surface area contributed by atoms with Gasteiger partial charge in [0.05, 0.1) is 12.2 Å². The lowest BCUT2D eigenvalue weighted by molar-refractivity contribution is 0.174. The number of cyclic esters (lactones) is 1. The molecule has 0 atom stereocenters. The summed E-state index contributed by atoms with van der Waals surface area (Å²) in [7, 11) is 0. The predicted octanol–water partition coefficient (Wildman–Crippen LogP) is 1.34. The minimum absolute atomic E-state index is 0.105. The van der Waals surface area contributed by atoms with E-state index in [1.54, 1.807) is 6.07 Å². The summed E-state index contributed by atoms with van der Waals surface area (Å²) < 4.78 is 15.3. The van der Waals surface area contributed by atoms with Crippen LogP contribution in [0.1, 0.15) is 0 Å². The molecule has 7 heteroatoms. The summed E-state index contributed by atoms with van der Waals surface area (Å²) in [6, 6.07) is 3.14. The third kappa shape index (κ3) is 1.57. The van der Waals surface area contributed by atoms with Crippen LogP contribution in [0.2, 0.25) is 0 Å². The van der Waals surface area contributed by atoms with Crippen molar-refractivity contribution in [1.82, 2.24) is 0 Å². The summed E-state index contributed by atoms with van der Waals surface area (Å²) >= 11 is 0. The number of fused-ring (bicyclic) bond motifs is 1. The van der Waals surface area contributed by atoms with Gasteiger partial charge in [0.15, 0.2) is 11.5 Å². The Kier molecular flexibility index (Phi) is 2.39. The molecular formula is C11H8N2O5. The van der Waals surface area contributed by atoms with E-state index in [4.69, 9.17) is 14.2 Å². The summed E-state index contributed by atoms with van der Waals surface area (Å²) in [4.78, 5) is 26.9. The van der Waals surface area contributed by atoms with Crippen molar-refractivity contribution in [1.29, 1.82) is 0 Å². The van der Waals surface area contributed by atoms with Gasteiger partial charge in [-0.2, -0.15) is 4.99 Å². The predicted molar refractivity (Wildman–Crippen MR) is 59.0 cm³/mol. The maximum atomic E-state index is 11.5. The van der Waals surface area contributed by atoms with Gasteiger partial charge in [0.25, 0.3) is 0 Å². The zero-order chi connectivity index (χ0) is 12.5. The van der Waals surface area contributed by atoms with E-state index >= 15 is 0 Å². The summed E-state index contributed by atoms with van der Waals surface area (Å²) in [5, 5.41) is 0. The number of nitrogens with zero attached hydrogens (tertiary/aromatic N) is 2. The van der Waals surface area contributed by atoms with Crippen molar-refractivity contribution < 1.29 is 23.8 Å². The standard InChI is InChI=1S/C11H8N2O5/c14-5-12-7-3-9-10(18-6-17-9)4-8(7)13-1-2-16-11(13)15/h3-4H,1-2,6H2. The van der Waals surface area contributed by atoms with Crippen LogP contribution in [0.25, 0.3) is 0 Å². The lowest BCUT2D eigenvalue weighted by Gasteiger charge is -2.15. The molecule has 1 saturated heterocycles. The zero-order valence-corrected chi connectivity index (χ0v) is 9.21. The quantitative estimate of drug-likeness (QED) is 0.583. The van der Waals surface area contributed by atoms with Gasteiger partial charge in [-0.3, -0.25) is 4.90 Å². The monoisotopic (exact) mass is 248 g/mol. The van der Waals surface area contributed by atoms with Crippen molar-refractivity contribution in [2.75, 3.05) is 24.8 Å². The van der Waals surface area contributed by atoms with Gasteiger partial charge in [-0.15, -0.1) is 0 Å². The van der Waals surface area contributed by atoms with Crippen LogP contribution in [0.4, 0.5) is 16.2 Å². The number of carbonyl (C=O) groups excluding carboxylic acids is 2. The molecule has 3 rings (SSSR count). The number of rotatable bonds is 2. The molecule has 0 unspecified atom stereocenters. The van der Waals surface area contributed by atoms with E-state index in [0.717, 1.165) is 0 Å². The molecular weight excluding hydrogens is 240 g/mol. The minimum atomic E-state index is -0.476. The maximum absolute atomic E-state index is 11.5. The molecule has 1 fully saturated rings. The van der Waals surface area contributed by atoms with E-state index in [1.807, 2.05) is 0 Å². The van der Waals surface area contributed by atoms with Crippen molar-refractivity contribution in [2.45, 2.75) is 0 Å². The number of ether oxygens (including phenoxy) is 3.